The summed E-state index contributed by atoms with van der Waals surface area (Å²) in [5, 5.41) is 12.1. The molecule has 3 rings (SSSR count). The Morgan fingerprint density at radius 2 is 2.23 bits per heavy atom. The maximum atomic E-state index is 12.1. The van der Waals surface area contributed by atoms with E-state index in [-0.39, 0.29) is 11.7 Å². The number of nitrogens with one attached hydrogen (secondary N) is 1. The summed E-state index contributed by atoms with van der Waals surface area (Å²) in [5.41, 5.74) is 1.56. The van der Waals surface area contributed by atoms with Gasteiger partial charge in [-0.25, -0.2) is 4.98 Å². The number of thioether (sulfide) groups is 1. The summed E-state index contributed by atoms with van der Waals surface area (Å²) < 4.78 is 1.74. The fraction of sp³-hybridized carbons (Fsp3) is 0.143. The van der Waals surface area contributed by atoms with E-state index in [0.717, 1.165) is 5.56 Å². The Kier molecular flexibility index (Phi) is 4.26. The van der Waals surface area contributed by atoms with Crippen molar-refractivity contribution >= 4 is 40.7 Å². The number of hydrogen-bond donors (Lipinski definition) is 1. The Morgan fingerprint density at radius 3 is 3.09 bits per heavy atom. The summed E-state index contributed by atoms with van der Waals surface area (Å²) in [4.78, 5) is 16.1. The number of rotatable bonds is 4. The van der Waals surface area contributed by atoms with Gasteiger partial charge in [0.05, 0.1) is 5.75 Å². The van der Waals surface area contributed by atoms with Crippen LogP contribution >= 0.6 is 23.4 Å². The first-order valence-corrected chi connectivity index (χ1v) is 7.85. The van der Waals surface area contributed by atoms with E-state index in [1.54, 1.807) is 28.8 Å². The number of halogens is 1. The van der Waals surface area contributed by atoms with E-state index in [2.05, 4.69) is 20.5 Å². The maximum absolute atomic E-state index is 12.1. The lowest BCUT2D eigenvalue weighted by Gasteiger charge is -2.08. The number of aromatic nitrogens is 4. The number of carbonyl (C=O) groups is 1. The second-order valence-corrected chi connectivity index (χ2v) is 5.87. The number of amides is 1. The summed E-state index contributed by atoms with van der Waals surface area (Å²) in [6.07, 6.45) is 3.46. The molecule has 0 saturated carbocycles. The summed E-state index contributed by atoms with van der Waals surface area (Å²) in [5.74, 6) is 0.605. The van der Waals surface area contributed by atoms with Crippen LogP contribution in [0.5, 0.6) is 0 Å². The van der Waals surface area contributed by atoms with Crippen LogP contribution in [0.4, 0.5) is 5.69 Å². The van der Waals surface area contributed by atoms with Crippen LogP contribution in [-0.4, -0.2) is 31.2 Å². The maximum Gasteiger partial charge on any atom is 0.255 e. The summed E-state index contributed by atoms with van der Waals surface area (Å²) in [6, 6.07) is 7.20. The number of anilines is 1. The molecule has 0 fully saturated rings. The highest BCUT2D eigenvalue weighted by molar-refractivity contribution is 7.99. The molecule has 0 radical (unpaired) electrons. The fourth-order valence-electron chi connectivity index (χ4n) is 1.88. The van der Waals surface area contributed by atoms with E-state index in [4.69, 9.17) is 11.6 Å². The fourth-order valence-corrected chi connectivity index (χ4v) is 2.77. The first-order valence-electron chi connectivity index (χ1n) is 6.48. The topological polar surface area (TPSA) is 72.2 Å². The van der Waals surface area contributed by atoms with Crippen LogP contribution in [0.15, 0.2) is 41.8 Å². The number of carbonyl (C=O) groups excluding carboxylic acids is 1. The zero-order valence-electron chi connectivity index (χ0n) is 11.7. The molecule has 22 heavy (non-hydrogen) atoms. The van der Waals surface area contributed by atoms with Gasteiger partial charge >= 0.3 is 0 Å². The van der Waals surface area contributed by atoms with Crippen molar-refractivity contribution in [3.05, 3.63) is 47.2 Å². The van der Waals surface area contributed by atoms with Crippen molar-refractivity contribution in [2.75, 3.05) is 11.1 Å². The van der Waals surface area contributed by atoms with Crippen molar-refractivity contribution < 1.29 is 4.79 Å². The standard InChI is InChI=1S/C14H12ClN5OS/c1-9-10(15)4-2-5-11(9)17-12(21)8-22-14-19-18-13-16-6-3-7-20(13)14/h2-7H,8H2,1H3,(H,17,21). The predicted molar refractivity (Wildman–Crippen MR) is 86.3 cm³/mol. The molecular weight excluding hydrogens is 322 g/mol. The van der Waals surface area contributed by atoms with Gasteiger partial charge in [-0.05, 0) is 30.7 Å². The van der Waals surface area contributed by atoms with Crippen molar-refractivity contribution in [2.24, 2.45) is 0 Å². The molecule has 3 aromatic rings. The average molecular weight is 334 g/mol. The lowest BCUT2D eigenvalue weighted by molar-refractivity contribution is -0.113. The van der Waals surface area contributed by atoms with Crippen LogP contribution in [-0.2, 0) is 4.79 Å². The third kappa shape index (κ3) is 3.05. The van der Waals surface area contributed by atoms with E-state index in [1.807, 2.05) is 19.2 Å². The van der Waals surface area contributed by atoms with Gasteiger partial charge in [0.2, 0.25) is 5.91 Å². The second kappa shape index (κ2) is 6.33. The van der Waals surface area contributed by atoms with Crippen molar-refractivity contribution in [3.63, 3.8) is 0 Å². The van der Waals surface area contributed by atoms with Gasteiger partial charge in [0.15, 0.2) is 5.16 Å². The minimum absolute atomic E-state index is 0.129. The van der Waals surface area contributed by atoms with Gasteiger partial charge in [0, 0.05) is 23.1 Å². The Morgan fingerprint density at radius 1 is 1.36 bits per heavy atom. The molecule has 2 aromatic heterocycles. The largest absolute Gasteiger partial charge is 0.325 e. The predicted octanol–water partition coefficient (Wildman–Crippen LogP) is 2.82. The Hall–Kier alpha value is -2.12. The number of hydrogen-bond acceptors (Lipinski definition) is 5. The molecule has 1 amide bonds. The van der Waals surface area contributed by atoms with E-state index in [1.165, 1.54) is 11.8 Å². The van der Waals surface area contributed by atoms with Gasteiger partial charge in [0.25, 0.3) is 5.78 Å². The van der Waals surface area contributed by atoms with E-state index in [9.17, 15) is 4.79 Å². The van der Waals surface area contributed by atoms with E-state index >= 15 is 0 Å². The van der Waals surface area contributed by atoms with Crippen LogP contribution < -0.4 is 5.32 Å². The molecule has 1 N–H and O–H groups in total. The molecule has 0 spiro atoms. The molecule has 0 aliphatic rings. The van der Waals surface area contributed by atoms with Crippen LogP contribution in [0.25, 0.3) is 5.78 Å². The monoisotopic (exact) mass is 333 g/mol. The van der Waals surface area contributed by atoms with Gasteiger partial charge in [0.1, 0.15) is 0 Å². The summed E-state index contributed by atoms with van der Waals surface area (Å²) in [7, 11) is 0. The van der Waals surface area contributed by atoms with Gasteiger partial charge in [-0.1, -0.05) is 29.4 Å². The first kappa shape index (κ1) is 14.8. The third-order valence-corrected chi connectivity index (χ3v) is 4.38. The van der Waals surface area contributed by atoms with E-state index < -0.39 is 0 Å². The molecule has 8 heteroatoms. The van der Waals surface area contributed by atoms with Crippen molar-refractivity contribution in [2.45, 2.75) is 12.1 Å². The van der Waals surface area contributed by atoms with Gasteiger partial charge in [-0.15, -0.1) is 10.2 Å². The molecule has 0 saturated heterocycles. The zero-order valence-corrected chi connectivity index (χ0v) is 13.2. The summed E-state index contributed by atoms with van der Waals surface area (Å²) in [6.45, 7) is 1.86. The molecule has 0 unspecified atom stereocenters. The lowest BCUT2D eigenvalue weighted by atomic mass is 10.2. The molecule has 0 bridgehead atoms. The lowest BCUT2D eigenvalue weighted by Crippen LogP contribution is -2.15. The highest BCUT2D eigenvalue weighted by atomic mass is 35.5. The Bertz CT molecular complexity index is 835. The zero-order chi connectivity index (χ0) is 15.5. The average Bonchev–Trinajstić information content (AvgIpc) is 2.93. The van der Waals surface area contributed by atoms with Crippen molar-refractivity contribution in [1.82, 2.24) is 19.6 Å². The van der Waals surface area contributed by atoms with Crippen LogP contribution in [0.2, 0.25) is 5.02 Å². The Balaban J connectivity index is 1.66. The number of benzene rings is 1. The quantitative estimate of drug-likeness (QED) is 0.743. The molecule has 112 valence electrons. The van der Waals surface area contributed by atoms with Gasteiger partial charge in [-0.3, -0.25) is 9.20 Å². The van der Waals surface area contributed by atoms with Crippen LogP contribution in [0.3, 0.4) is 0 Å². The second-order valence-electron chi connectivity index (χ2n) is 4.52. The molecule has 6 nitrogen and oxygen atoms in total. The molecular formula is C14H12ClN5OS. The molecule has 0 atom stereocenters. The van der Waals surface area contributed by atoms with Crippen molar-refractivity contribution in [3.8, 4) is 0 Å². The van der Waals surface area contributed by atoms with E-state index in [0.29, 0.717) is 21.6 Å². The molecule has 2 heterocycles. The highest BCUT2D eigenvalue weighted by Gasteiger charge is 2.11. The minimum atomic E-state index is -0.129. The third-order valence-electron chi connectivity index (χ3n) is 3.03. The number of nitrogens with zero attached hydrogens (tertiary/aromatic N) is 4. The minimum Gasteiger partial charge on any atom is -0.325 e. The highest BCUT2D eigenvalue weighted by Crippen LogP contribution is 2.23. The van der Waals surface area contributed by atoms with Crippen molar-refractivity contribution in [1.29, 1.82) is 0 Å². The molecule has 1 aromatic carbocycles. The number of fused-ring (bicyclic) bond motifs is 1. The molecule has 0 aliphatic carbocycles. The van der Waals surface area contributed by atoms with Gasteiger partial charge < -0.3 is 5.32 Å². The summed E-state index contributed by atoms with van der Waals surface area (Å²) >= 11 is 7.33. The van der Waals surface area contributed by atoms with Gasteiger partial charge in [-0.2, -0.15) is 0 Å². The molecule has 0 aliphatic heterocycles. The first-order chi connectivity index (χ1) is 10.6. The van der Waals surface area contributed by atoms with Crippen LogP contribution in [0, 0.1) is 6.92 Å². The smallest absolute Gasteiger partial charge is 0.255 e. The Labute approximate surface area is 135 Å². The van der Waals surface area contributed by atoms with Crippen LogP contribution in [0.1, 0.15) is 5.56 Å². The SMILES string of the molecule is Cc1c(Cl)cccc1NC(=O)CSc1nnc2ncccn12. The normalized spacial score (nSPS) is 10.8.